The molecule has 0 aliphatic carbocycles. The number of ether oxygens (including phenoxy) is 1. The first-order valence-electron chi connectivity index (χ1n) is 12.0. The molecule has 0 unspecified atom stereocenters. The Morgan fingerprint density at radius 3 is 2.18 bits per heavy atom. The van der Waals surface area contributed by atoms with Gasteiger partial charge in [-0.3, -0.25) is 0 Å². The molecule has 2 aromatic carbocycles. The minimum atomic E-state index is -0.774. The summed E-state index contributed by atoms with van der Waals surface area (Å²) in [7, 11) is 0. The van der Waals surface area contributed by atoms with E-state index in [2.05, 4.69) is 23.8 Å². The number of hydrogen-bond donors (Lipinski definition) is 0. The second-order valence-electron chi connectivity index (χ2n) is 8.37. The number of hydrogen-bond acceptors (Lipinski definition) is 4. The summed E-state index contributed by atoms with van der Waals surface area (Å²) < 4.78 is 19.8. The van der Waals surface area contributed by atoms with Crippen LogP contribution < -0.4 is 4.74 Å². The van der Waals surface area contributed by atoms with Crippen LogP contribution >= 0.6 is 0 Å². The van der Waals surface area contributed by atoms with Gasteiger partial charge in [-0.25, -0.2) is 19.2 Å². The van der Waals surface area contributed by atoms with Gasteiger partial charge in [-0.05, 0) is 42.5 Å². The molecule has 0 N–H and O–H groups in total. The highest BCUT2D eigenvalue weighted by Crippen LogP contribution is 2.20. The molecule has 0 saturated heterocycles. The van der Waals surface area contributed by atoms with Crippen LogP contribution in [0, 0.1) is 5.82 Å². The van der Waals surface area contributed by atoms with Gasteiger partial charge in [0, 0.05) is 5.56 Å². The summed E-state index contributed by atoms with van der Waals surface area (Å²) in [5, 5.41) is 0. The fourth-order valence-electron chi connectivity index (χ4n) is 3.75. The molecule has 0 spiro atoms. The van der Waals surface area contributed by atoms with Crippen LogP contribution in [-0.4, -0.2) is 15.9 Å². The molecule has 1 aromatic heterocycles. The third kappa shape index (κ3) is 7.48. The van der Waals surface area contributed by atoms with E-state index in [1.54, 1.807) is 12.3 Å². The summed E-state index contributed by atoms with van der Waals surface area (Å²) in [5.41, 5.74) is 3.65. The van der Waals surface area contributed by atoms with Crippen LogP contribution in [0.1, 0.15) is 80.3 Å². The van der Waals surface area contributed by atoms with E-state index in [1.807, 2.05) is 24.3 Å². The van der Waals surface area contributed by atoms with Gasteiger partial charge < -0.3 is 4.74 Å². The highest BCUT2D eigenvalue weighted by atomic mass is 19.1. The number of carbonyl (C=O) groups excluding carboxylic acids is 1. The second kappa shape index (κ2) is 12.8. The molecule has 0 saturated carbocycles. The molecule has 1 heterocycles. The van der Waals surface area contributed by atoms with Crippen molar-refractivity contribution in [2.75, 3.05) is 0 Å². The van der Waals surface area contributed by atoms with E-state index in [0.29, 0.717) is 5.69 Å². The Balaban J connectivity index is 1.52. The van der Waals surface area contributed by atoms with Crippen molar-refractivity contribution in [1.29, 1.82) is 0 Å². The Morgan fingerprint density at radius 2 is 1.55 bits per heavy atom. The zero-order valence-electron chi connectivity index (χ0n) is 19.6. The lowest BCUT2D eigenvalue weighted by atomic mass is 10.0. The average molecular weight is 449 g/mol. The number of benzene rings is 2. The number of aromatic nitrogens is 2. The smallest absolute Gasteiger partial charge is 0.347 e. The van der Waals surface area contributed by atoms with E-state index in [-0.39, 0.29) is 11.4 Å². The van der Waals surface area contributed by atoms with E-state index < -0.39 is 11.8 Å². The van der Waals surface area contributed by atoms with Gasteiger partial charge in [0.2, 0.25) is 5.88 Å². The average Bonchev–Trinajstić information content (AvgIpc) is 2.84. The van der Waals surface area contributed by atoms with E-state index in [9.17, 15) is 9.18 Å². The number of esters is 1. The van der Waals surface area contributed by atoms with Crippen molar-refractivity contribution in [3.63, 3.8) is 0 Å². The van der Waals surface area contributed by atoms with Crippen molar-refractivity contribution in [1.82, 2.24) is 9.97 Å². The maximum atomic E-state index is 14.5. The molecule has 33 heavy (non-hydrogen) atoms. The van der Waals surface area contributed by atoms with Crippen molar-refractivity contribution in [2.45, 2.75) is 71.6 Å². The molecule has 0 fully saturated rings. The number of nitrogens with zero attached hydrogens (tertiary/aromatic N) is 2. The second-order valence-corrected chi connectivity index (χ2v) is 8.37. The standard InChI is InChI=1S/C28H33FN2O2/c1-3-5-6-7-8-9-10-11-22-14-17-24(25(29)18-22)28(32)33-27-20-30-26(19-31-27)23-15-12-21(4-2)13-16-23/h12-20H,3-11H2,1-2H3. The van der Waals surface area contributed by atoms with E-state index in [0.717, 1.165) is 36.8 Å². The third-order valence-electron chi connectivity index (χ3n) is 5.81. The van der Waals surface area contributed by atoms with Crippen molar-refractivity contribution in [3.05, 3.63) is 77.4 Å². The van der Waals surface area contributed by atoms with Crippen molar-refractivity contribution in [3.8, 4) is 17.1 Å². The molecule has 5 heteroatoms. The maximum absolute atomic E-state index is 14.5. The first-order chi connectivity index (χ1) is 16.1. The summed E-state index contributed by atoms with van der Waals surface area (Å²) in [6.07, 6.45) is 13.2. The number of halogens is 1. The highest BCUT2D eigenvalue weighted by molar-refractivity contribution is 5.91. The van der Waals surface area contributed by atoms with Gasteiger partial charge in [-0.2, -0.15) is 0 Å². The third-order valence-corrected chi connectivity index (χ3v) is 5.81. The molecule has 0 aliphatic heterocycles. The molecule has 0 amide bonds. The minimum absolute atomic E-state index is 0.0421. The van der Waals surface area contributed by atoms with Crippen LogP contribution in [0.2, 0.25) is 0 Å². The lowest BCUT2D eigenvalue weighted by molar-refractivity contribution is 0.0722. The molecule has 0 bridgehead atoms. The Kier molecular flexibility index (Phi) is 9.55. The Bertz CT molecular complexity index is 1020. The Hall–Kier alpha value is -3.08. The molecule has 0 radical (unpaired) electrons. The zero-order valence-corrected chi connectivity index (χ0v) is 19.6. The number of rotatable bonds is 12. The monoisotopic (exact) mass is 448 g/mol. The van der Waals surface area contributed by atoms with Gasteiger partial charge in [0.25, 0.3) is 0 Å². The molecular weight excluding hydrogens is 415 g/mol. The lowest BCUT2D eigenvalue weighted by Gasteiger charge is -2.07. The van der Waals surface area contributed by atoms with Crippen LogP contribution in [0.15, 0.2) is 54.9 Å². The van der Waals surface area contributed by atoms with Crippen LogP contribution in [0.3, 0.4) is 0 Å². The van der Waals surface area contributed by atoms with Gasteiger partial charge >= 0.3 is 5.97 Å². The molecular formula is C28H33FN2O2. The Morgan fingerprint density at radius 1 is 0.848 bits per heavy atom. The number of aryl methyl sites for hydroxylation is 2. The quantitative estimate of drug-likeness (QED) is 0.215. The highest BCUT2D eigenvalue weighted by Gasteiger charge is 2.16. The molecule has 174 valence electrons. The van der Waals surface area contributed by atoms with Gasteiger partial charge in [0.1, 0.15) is 5.82 Å². The van der Waals surface area contributed by atoms with Crippen molar-refractivity contribution < 1.29 is 13.9 Å². The fourth-order valence-corrected chi connectivity index (χ4v) is 3.75. The van der Waals surface area contributed by atoms with Crippen LogP contribution in [0.5, 0.6) is 5.88 Å². The molecule has 0 atom stereocenters. The van der Waals surface area contributed by atoms with Gasteiger partial charge in [0.05, 0.1) is 23.7 Å². The fraction of sp³-hybridized carbons (Fsp3) is 0.393. The van der Waals surface area contributed by atoms with Gasteiger partial charge in [0.15, 0.2) is 0 Å². The summed E-state index contributed by atoms with van der Waals surface area (Å²) in [5.74, 6) is -1.30. The number of carbonyl (C=O) groups is 1. The minimum Gasteiger partial charge on any atom is -0.402 e. The molecule has 4 nitrogen and oxygen atoms in total. The largest absolute Gasteiger partial charge is 0.402 e. The van der Waals surface area contributed by atoms with E-state index >= 15 is 0 Å². The summed E-state index contributed by atoms with van der Waals surface area (Å²) in [6, 6.07) is 12.8. The normalized spacial score (nSPS) is 10.9. The van der Waals surface area contributed by atoms with Crippen molar-refractivity contribution in [2.24, 2.45) is 0 Å². The summed E-state index contributed by atoms with van der Waals surface area (Å²) in [6.45, 7) is 4.31. The van der Waals surface area contributed by atoms with Crippen molar-refractivity contribution >= 4 is 5.97 Å². The van der Waals surface area contributed by atoms with Crippen LogP contribution in [-0.2, 0) is 12.8 Å². The Labute approximate surface area is 196 Å². The van der Waals surface area contributed by atoms with Gasteiger partial charge in [-0.15, -0.1) is 0 Å². The lowest BCUT2D eigenvalue weighted by Crippen LogP contribution is -2.12. The summed E-state index contributed by atoms with van der Waals surface area (Å²) >= 11 is 0. The molecule has 0 aliphatic rings. The van der Waals surface area contributed by atoms with E-state index in [1.165, 1.54) is 56.0 Å². The SMILES string of the molecule is CCCCCCCCCc1ccc(C(=O)Oc2cnc(-c3ccc(CC)cc3)cn2)c(F)c1. The summed E-state index contributed by atoms with van der Waals surface area (Å²) in [4.78, 5) is 20.9. The predicted molar refractivity (Wildman–Crippen MR) is 130 cm³/mol. The molecule has 3 rings (SSSR count). The topological polar surface area (TPSA) is 52.1 Å². The van der Waals surface area contributed by atoms with E-state index in [4.69, 9.17) is 4.74 Å². The zero-order chi connectivity index (χ0) is 23.5. The molecule has 3 aromatic rings. The number of unbranched alkanes of at least 4 members (excludes halogenated alkanes) is 6. The van der Waals surface area contributed by atoms with Crippen LogP contribution in [0.25, 0.3) is 11.3 Å². The maximum Gasteiger partial charge on any atom is 0.347 e. The predicted octanol–water partition coefficient (Wildman–Crippen LogP) is 7.36. The van der Waals surface area contributed by atoms with Gasteiger partial charge in [-0.1, -0.05) is 82.7 Å². The first-order valence-corrected chi connectivity index (χ1v) is 12.0. The first kappa shape index (κ1) is 24.6. The van der Waals surface area contributed by atoms with Crippen LogP contribution in [0.4, 0.5) is 4.39 Å².